The van der Waals surface area contributed by atoms with Crippen molar-refractivity contribution >= 4 is 8.32 Å². The van der Waals surface area contributed by atoms with Crippen molar-refractivity contribution in [1.82, 2.24) is 4.90 Å². The number of hydrogen-bond acceptors (Lipinski definition) is 2. The summed E-state index contributed by atoms with van der Waals surface area (Å²) >= 11 is 0. The van der Waals surface area contributed by atoms with Crippen molar-refractivity contribution in [3.8, 4) is 0 Å². The van der Waals surface area contributed by atoms with Gasteiger partial charge in [-0.1, -0.05) is 19.3 Å². The minimum atomic E-state index is -1.41. The Morgan fingerprint density at radius 3 is 2.20 bits per heavy atom. The molecule has 1 atom stereocenters. The van der Waals surface area contributed by atoms with Gasteiger partial charge in [0, 0.05) is 18.8 Å². The average molecular weight is 227 g/mol. The summed E-state index contributed by atoms with van der Waals surface area (Å²) in [6.07, 6.45) is 8.60. The molecule has 0 aromatic rings. The molecule has 15 heavy (non-hydrogen) atoms. The molecule has 3 heteroatoms. The normalized spacial score (nSPS) is 30.2. The molecule has 2 aliphatic rings. The highest BCUT2D eigenvalue weighted by Crippen LogP contribution is 2.34. The summed E-state index contributed by atoms with van der Waals surface area (Å²) in [6, 6.07) is 0.888. The highest BCUT2D eigenvalue weighted by molar-refractivity contribution is 6.72. The Balaban J connectivity index is 1.93. The molecule has 0 spiro atoms. The maximum absolute atomic E-state index is 5.76. The summed E-state index contributed by atoms with van der Waals surface area (Å²) in [5, 5.41) is 0. The van der Waals surface area contributed by atoms with Gasteiger partial charge >= 0.3 is 0 Å². The van der Waals surface area contributed by atoms with Crippen LogP contribution in [0.5, 0.6) is 0 Å². The lowest BCUT2D eigenvalue weighted by Gasteiger charge is -2.52. The van der Waals surface area contributed by atoms with Crippen molar-refractivity contribution in [3.63, 3.8) is 0 Å². The Bertz CT molecular complexity index is 214. The molecule has 1 saturated carbocycles. The molecule has 1 unspecified atom stereocenters. The molecule has 2 fully saturated rings. The summed E-state index contributed by atoms with van der Waals surface area (Å²) in [4.78, 5) is 2.76. The third-order valence-corrected chi connectivity index (χ3v) is 7.71. The zero-order valence-electron chi connectivity index (χ0n) is 10.5. The fourth-order valence-corrected chi connectivity index (χ4v) is 5.37. The predicted molar refractivity (Wildman–Crippen MR) is 66.5 cm³/mol. The van der Waals surface area contributed by atoms with Crippen LogP contribution in [0.2, 0.25) is 13.1 Å². The second kappa shape index (κ2) is 4.56. The molecular formula is C12H25NOSi. The van der Waals surface area contributed by atoms with Gasteiger partial charge in [-0.15, -0.1) is 0 Å². The van der Waals surface area contributed by atoms with Crippen molar-refractivity contribution in [2.75, 3.05) is 13.7 Å². The predicted octanol–water partition coefficient (Wildman–Crippen LogP) is 2.78. The second-order valence-electron chi connectivity index (χ2n) is 5.64. The fourth-order valence-electron chi connectivity index (χ4n) is 3.14. The van der Waals surface area contributed by atoms with E-state index in [9.17, 15) is 0 Å². The first-order valence-electron chi connectivity index (χ1n) is 6.46. The van der Waals surface area contributed by atoms with Crippen LogP contribution >= 0.6 is 0 Å². The van der Waals surface area contributed by atoms with E-state index >= 15 is 0 Å². The van der Waals surface area contributed by atoms with Gasteiger partial charge in [0.15, 0.2) is 0 Å². The Morgan fingerprint density at radius 1 is 1.07 bits per heavy atom. The SMILES string of the molecule is CO[Si](C)(C)C1CCN1C1CCCCC1. The fraction of sp³-hybridized carbons (Fsp3) is 1.00. The van der Waals surface area contributed by atoms with Gasteiger partial charge in [-0.3, -0.25) is 4.90 Å². The van der Waals surface area contributed by atoms with Gasteiger partial charge in [-0.25, -0.2) is 0 Å². The molecule has 0 N–H and O–H groups in total. The molecular weight excluding hydrogens is 202 g/mol. The number of rotatable bonds is 3. The van der Waals surface area contributed by atoms with Gasteiger partial charge in [-0.2, -0.15) is 0 Å². The van der Waals surface area contributed by atoms with Crippen LogP contribution in [0.3, 0.4) is 0 Å². The highest BCUT2D eigenvalue weighted by Gasteiger charge is 2.45. The molecule has 0 amide bonds. The van der Waals surface area contributed by atoms with Gasteiger partial charge in [-0.05, 0) is 38.9 Å². The molecule has 1 aliphatic carbocycles. The van der Waals surface area contributed by atoms with Gasteiger partial charge in [0.2, 0.25) is 8.32 Å². The van der Waals surface area contributed by atoms with Crippen LogP contribution in [0.1, 0.15) is 38.5 Å². The zero-order valence-corrected chi connectivity index (χ0v) is 11.5. The van der Waals surface area contributed by atoms with Gasteiger partial charge in [0.1, 0.15) is 0 Å². The topological polar surface area (TPSA) is 12.5 Å². The molecule has 0 aromatic heterocycles. The van der Waals surface area contributed by atoms with Crippen LogP contribution in [-0.2, 0) is 4.43 Å². The summed E-state index contributed by atoms with van der Waals surface area (Å²) in [6.45, 7) is 6.06. The Kier molecular flexibility index (Phi) is 3.53. The van der Waals surface area contributed by atoms with Crippen LogP contribution in [0.25, 0.3) is 0 Å². The molecule has 1 saturated heterocycles. The van der Waals surface area contributed by atoms with E-state index in [2.05, 4.69) is 18.0 Å². The summed E-state index contributed by atoms with van der Waals surface area (Å²) in [5.74, 6) is 0. The molecule has 1 heterocycles. The molecule has 88 valence electrons. The third-order valence-electron chi connectivity index (χ3n) is 4.43. The monoisotopic (exact) mass is 227 g/mol. The average Bonchev–Trinajstić information content (AvgIpc) is 2.17. The maximum atomic E-state index is 5.76. The Morgan fingerprint density at radius 2 is 1.73 bits per heavy atom. The van der Waals surface area contributed by atoms with Crippen molar-refractivity contribution in [2.24, 2.45) is 0 Å². The van der Waals surface area contributed by atoms with Crippen molar-refractivity contribution in [3.05, 3.63) is 0 Å². The van der Waals surface area contributed by atoms with Gasteiger partial charge < -0.3 is 4.43 Å². The lowest BCUT2D eigenvalue weighted by molar-refractivity contribution is 0.0516. The minimum absolute atomic E-state index is 0.797. The highest BCUT2D eigenvalue weighted by atomic mass is 28.4. The van der Waals surface area contributed by atoms with Crippen LogP contribution in [0.4, 0.5) is 0 Å². The summed E-state index contributed by atoms with van der Waals surface area (Å²) in [7, 11) is 0.491. The van der Waals surface area contributed by atoms with Crippen LogP contribution in [0, 0.1) is 0 Å². The second-order valence-corrected chi connectivity index (χ2v) is 9.92. The molecule has 0 bridgehead atoms. The first kappa shape index (κ1) is 11.6. The van der Waals surface area contributed by atoms with Crippen molar-refractivity contribution in [1.29, 1.82) is 0 Å². The van der Waals surface area contributed by atoms with Crippen LogP contribution < -0.4 is 0 Å². The first-order valence-corrected chi connectivity index (χ1v) is 9.44. The largest absolute Gasteiger partial charge is 0.419 e. The smallest absolute Gasteiger partial charge is 0.203 e. The van der Waals surface area contributed by atoms with Gasteiger partial charge in [0.25, 0.3) is 0 Å². The van der Waals surface area contributed by atoms with Crippen LogP contribution in [0.15, 0.2) is 0 Å². The van der Waals surface area contributed by atoms with E-state index in [0.29, 0.717) is 0 Å². The van der Waals surface area contributed by atoms with E-state index < -0.39 is 8.32 Å². The van der Waals surface area contributed by atoms with Crippen molar-refractivity contribution < 1.29 is 4.43 Å². The van der Waals surface area contributed by atoms with Crippen LogP contribution in [-0.4, -0.2) is 38.6 Å². The van der Waals surface area contributed by atoms with E-state index in [0.717, 1.165) is 11.7 Å². The molecule has 1 aliphatic heterocycles. The third kappa shape index (κ3) is 2.29. The Labute approximate surface area is 95.1 Å². The van der Waals surface area contributed by atoms with Gasteiger partial charge in [0.05, 0.1) is 0 Å². The zero-order chi connectivity index (χ0) is 10.9. The van der Waals surface area contributed by atoms with E-state index in [1.807, 2.05) is 7.11 Å². The maximum Gasteiger partial charge on any atom is 0.203 e. The molecule has 0 radical (unpaired) electrons. The summed E-state index contributed by atoms with van der Waals surface area (Å²) in [5.41, 5.74) is 0.797. The number of nitrogens with zero attached hydrogens (tertiary/aromatic N) is 1. The molecule has 2 rings (SSSR count). The van der Waals surface area contributed by atoms with Crippen molar-refractivity contribution in [2.45, 2.75) is 63.3 Å². The minimum Gasteiger partial charge on any atom is -0.419 e. The molecule has 0 aromatic carbocycles. The standard InChI is InChI=1S/C12H25NOSi/c1-14-15(2,3)12-9-10-13(12)11-7-5-4-6-8-11/h11-12H,4-10H2,1-3H3. The van der Waals surface area contributed by atoms with E-state index in [1.165, 1.54) is 45.1 Å². The van der Waals surface area contributed by atoms with E-state index in [1.54, 1.807) is 0 Å². The lowest BCUT2D eigenvalue weighted by Crippen LogP contribution is -2.65. The summed E-state index contributed by atoms with van der Waals surface area (Å²) < 4.78 is 5.76. The Hall–Kier alpha value is 0.137. The lowest BCUT2D eigenvalue weighted by atomic mass is 9.92. The quantitative estimate of drug-likeness (QED) is 0.688. The number of likely N-dealkylation sites (tertiary alicyclic amines) is 1. The molecule has 2 nitrogen and oxygen atoms in total. The van der Waals surface area contributed by atoms with E-state index in [-0.39, 0.29) is 0 Å². The first-order chi connectivity index (χ1) is 7.15. The van der Waals surface area contributed by atoms with E-state index in [4.69, 9.17) is 4.43 Å². The number of hydrogen-bond donors (Lipinski definition) is 0.